The zero-order chi connectivity index (χ0) is 15.9. The number of benzene rings is 1. The largest absolute Gasteiger partial charge is 0.355 e. The minimum Gasteiger partial charge on any atom is -0.355 e. The van der Waals surface area contributed by atoms with Crippen LogP contribution in [0.5, 0.6) is 0 Å². The first-order valence-corrected chi connectivity index (χ1v) is 9.80. The van der Waals surface area contributed by atoms with Crippen LogP contribution in [0.1, 0.15) is 11.3 Å². The summed E-state index contributed by atoms with van der Waals surface area (Å²) in [5, 5.41) is 4.94. The van der Waals surface area contributed by atoms with E-state index in [-0.39, 0.29) is 5.91 Å². The Morgan fingerprint density at radius 2 is 2.18 bits per heavy atom. The number of thioether (sulfide) groups is 1. The van der Waals surface area contributed by atoms with Crippen LogP contribution >= 0.6 is 34.7 Å². The molecule has 0 aliphatic rings. The van der Waals surface area contributed by atoms with Crippen LogP contribution in [0, 0.1) is 0 Å². The highest BCUT2D eigenvalue weighted by Gasteiger charge is 2.11. The summed E-state index contributed by atoms with van der Waals surface area (Å²) in [6.45, 7) is 2.29. The molecule has 6 heteroatoms. The van der Waals surface area contributed by atoms with Crippen LogP contribution in [0.25, 0.3) is 10.1 Å². The molecule has 1 amide bonds. The van der Waals surface area contributed by atoms with Gasteiger partial charge in [-0.25, -0.2) is 0 Å². The molecule has 3 nitrogen and oxygen atoms in total. The predicted molar refractivity (Wildman–Crippen MR) is 99.2 cm³/mol. The van der Waals surface area contributed by atoms with E-state index in [0.717, 1.165) is 29.3 Å². The van der Waals surface area contributed by atoms with Crippen LogP contribution in [-0.4, -0.2) is 43.0 Å². The maximum Gasteiger partial charge on any atom is 0.220 e. The molecule has 0 atom stereocenters. The SMILES string of the molecule is CSCCC(=O)NCCN(C)Cc1sc2ccccc2c1Cl. The third-order valence-electron chi connectivity index (χ3n) is 3.36. The van der Waals surface area contributed by atoms with Crippen molar-refractivity contribution >= 4 is 50.7 Å². The molecule has 120 valence electrons. The normalized spacial score (nSPS) is 11.3. The van der Waals surface area contributed by atoms with Crippen molar-refractivity contribution in [1.29, 1.82) is 0 Å². The topological polar surface area (TPSA) is 32.3 Å². The lowest BCUT2D eigenvalue weighted by Crippen LogP contribution is -2.32. The van der Waals surface area contributed by atoms with Gasteiger partial charge in [0.05, 0.1) is 5.02 Å². The van der Waals surface area contributed by atoms with Gasteiger partial charge in [0.15, 0.2) is 0 Å². The zero-order valence-electron chi connectivity index (χ0n) is 12.9. The van der Waals surface area contributed by atoms with Crippen LogP contribution in [0.4, 0.5) is 0 Å². The van der Waals surface area contributed by atoms with Gasteiger partial charge in [-0.15, -0.1) is 11.3 Å². The molecule has 1 aromatic heterocycles. The van der Waals surface area contributed by atoms with Gasteiger partial charge in [0, 0.05) is 46.8 Å². The summed E-state index contributed by atoms with van der Waals surface area (Å²) in [4.78, 5) is 14.9. The number of nitrogens with one attached hydrogen (secondary N) is 1. The number of nitrogens with zero attached hydrogens (tertiary/aromatic N) is 1. The van der Waals surface area contributed by atoms with Crippen molar-refractivity contribution in [1.82, 2.24) is 10.2 Å². The highest BCUT2D eigenvalue weighted by Crippen LogP contribution is 2.35. The first kappa shape index (κ1) is 17.6. The van der Waals surface area contributed by atoms with Crippen LogP contribution in [0.2, 0.25) is 5.02 Å². The fraction of sp³-hybridized carbons (Fsp3) is 0.438. The fourth-order valence-electron chi connectivity index (χ4n) is 2.16. The molecule has 0 saturated carbocycles. The van der Waals surface area contributed by atoms with Gasteiger partial charge in [-0.3, -0.25) is 9.69 Å². The Morgan fingerprint density at radius 3 is 2.91 bits per heavy atom. The summed E-state index contributed by atoms with van der Waals surface area (Å²) < 4.78 is 1.22. The van der Waals surface area contributed by atoms with Gasteiger partial charge in [0.25, 0.3) is 0 Å². The summed E-state index contributed by atoms with van der Waals surface area (Å²) in [7, 11) is 2.05. The maximum absolute atomic E-state index is 11.6. The molecule has 1 N–H and O–H groups in total. The van der Waals surface area contributed by atoms with Crippen LogP contribution in [0.15, 0.2) is 24.3 Å². The Bertz CT molecular complexity index is 630. The van der Waals surface area contributed by atoms with Gasteiger partial charge in [-0.05, 0) is 19.4 Å². The number of amides is 1. The fourth-order valence-corrected chi connectivity index (χ4v) is 4.12. The van der Waals surface area contributed by atoms with E-state index in [1.165, 1.54) is 9.58 Å². The summed E-state index contributed by atoms with van der Waals surface area (Å²) in [5.41, 5.74) is 0. The molecule has 1 heterocycles. The number of rotatable bonds is 8. The highest BCUT2D eigenvalue weighted by molar-refractivity contribution is 7.98. The van der Waals surface area contributed by atoms with Gasteiger partial charge >= 0.3 is 0 Å². The lowest BCUT2D eigenvalue weighted by Gasteiger charge is -2.16. The van der Waals surface area contributed by atoms with E-state index in [2.05, 4.69) is 29.4 Å². The van der Waals surface area contributed by atoms with Crippen LogP contribution in [-0.2, 0) is 11.3 Å². The number of hydrogen-bond donors (Lipinski definition) is 1. The lowest BCUT2D eigenvalue weighted by molar-refractivity contribution is -0.120. The van der Waals surface area contributed by atoms with E-state index >= 15 is 0 Å². The van der Waals surface area contributed by atoms with Crippen molar-refractivity contribution < 1.29 is 4.79 Å². The molecular formula is C16H21ClN2OS2. The average Bonchev–Trinajstić information content (AvgIpc) is 2.82. The molecule has 2 aromatic rings. The second-order valence-electron chi connectivity index (χ2n) is 5.17. The van der Waals surface area contributed by atoms with E-state index in [4.69, 9.17) is 11.6 Å². The Hall–Kier alpha value is -0.750. The Balaban J connectivity index is 1.82. The van der Waals surface area contributed by atoms with E-state index in [1.807, 2.05) is 18.4 Å². The first-order valence-electron chi connectivity index (χ1n) is 7.22. The number of fused-ring (bicyclic) bond motifs is 1. The molecule has 0 radical (unpaired) electrons. The van der Waals surface area contributed by atoms with Gasteiger partial charge in [-0.1, -0.05) is 29.8 Å². The molecule has 0 saturated heterocycles. The Labute approximate surface area is 145 Å². The molecule has 0 bridgehead atoms. The predicted octanol–water partition coefficient (Wildman–Crippen LogP) is 3.86. The molecule has 0 unspecified atom stereocenters. The second-order valence-corrected chi connectivity index (χ2v) is 7.67. The van der Waals surface area contributed by atoms with Gasteiger partial charge in [0.1, 0.15) is 0 Å². The minimum absolute atomic E-state index is 0.127. The Kier molecular flexibility index (Phi) is 7.02. The lowest BCUT2D eigenvalue weighted by atomic mass is 10.2. The molecular weight excluding hydrogens is 336 g/mol. The molecule has 0 spiro atoms. The van der Waals surface area contributed by atoms with Gasteiger partial charge in [0.2, 0.25) is 5.91 Å². The Morgan fingerprint density at radius 1 is 1.41 bits per heavy atom. The third-order valence-corrected chi connectivity index (χ3v) is 5.68. The van der Waals surface area contributed by atoms with E-state index in [1.54, 1.807) is 23.1 Å². The number of halogens is 1. The molecule has 2 rings (SSSR count). The van der Waals surface area contributed by atoms with E-state index < -0.39 is 0 Å². The van der Waals surface area contributed by atoms with Crippen LogP contribution in [0.3, 0.4) is 0 Å². The molecule has 22 heavy (non-hydrogen) atoms. The number of hydrogen-bond acceptors (Lipinski definition) is 4. The summed E-state index contributed by atoms with van der Waals surface area (Å²) >= 11 is 9.88. The monoisotopic (exact) mass is 356 g/mol. The molecule has 0 aliphatic carbocycles. The smallest absolute Gasteiger partial charge is 0.220 e. The zero-order valence-corrected chi connectivity index (χ0v) is 15.3. The van der Waals surface area contributed by atoms with Gasteiger partial charge < -0.3 is 5.32 Å². The minimum atomic E-state index is 0.127. The van der Waals surface area contributed by atoms with Crippen molar-refractivity contribution in [3.8, 4) is 0 Å². The quantitative estimate of drug-likeness (QED) is 0.779. The molecule has 0 aliphatic heterocycles. The first-order chi connectivity index (χ1) is 10.6. The van der Waals surface area contributed by atoms with Crippen molar-refractivity contribution in [2.24, 2.45) is 0 Å². The number of thiophene rings is 1. The van der Waals surface area contributed by atoms with Crippen molar-refractivity contribution in [2.45, 2.75) is 13.0 Å². The van der Waals surface area contributed by atoms with Gasteiger partial charge in [-0.2, -0.15) is 11.8 Å². The van der Waals surface area contributed by atoms with E-state index in [0.29, 0.717) is 13.0 Å². The third kappa shape index (κ3) is 4.88. The maximum atomic E-state index is 11.6. The number of likely N-dealkylation sites (N-methyl/N-ethyl adjacent to an activating group) is 1. The summed E-state index contributed by atoms with van der Waals surface area (Å²) in [5.74, 6) is 1.00. The summed E-state index contributed by atoms with van der Waals surface area (Å²) in [6.07, 6.45) is 2.60. The molecule has 1 aromatic carbocycles. The van der Waals surface area contributed by atoms with Crippen molar-refractivity contribution in [3.63, 3.8) is 0 Å². The molecule has 0 fully saturated rings. The number of carbonyl (C=O) groups excluding carboxylic acids is 1. The number of carbonyl (C=O) groups is 1. The standard InChI is InChI=1S/C16H21ClN2OS2/c1-19(9-8-18-15(20)7-10-21-2)11-14-16(17)12-5-3-4-6-13(12)22-14/h3-6H,7-11H2,1-2H3,(H,18,20). The van der Waals surface area contributed by atoms with Crippen molar-refractivity contribution in [2.75, 3.05) is 32.1 Å². The van der Waals surface area contributed by atoms with Crippen LogP contribution < -0.4 is 5.32 Å². The van der Waals surface area contributed by atoms with Crippen molar-refractivity contribution in [3.05, 3.63) is 34.2 Å². The highest BCUT2D eigenvalue weighted by atomic mass is 35.5. The average molecular weight is 357 g/mol. The summed E-state index contributed by atoms with van der Waals surface area (Å²) in [6, 6.07) is 8.20. The van der Waals surface area contributed by atoms with E-state index in [9.17, 15) is 4.79 Å². The second kappa shape index (κ2) is 8.77.